The molecule has 0 unspecified atom stereocenters. The Bertz CT molecular complexity index is 1480. The van der Waals surface area contributed by atoms with Crippen LogP contribution < -0.4 is 4.90 Å². The van der Waals surface area contributed by atoms with Crippen molar-refractivity contribution in [2.24, 2.45) is 0 Å². The second kappa shape index (κ2) is 9.51. The van der Waals surface area contributed by atoms with Crippen LogP contribution in [0.4, 0.5) is 23.1 Å². The van der Waals surface area contributed by atoms with Crippen LogP contribution in [-0.2, 0) is 0 Å². The molecular weight excluding hydrogens is 503 g/mol. The molecule has 1 N–H and O–H groups in total. The maximum absolute atomic E-state index is 13.6. The first-order valence-corrected chi connectivity index (χ1v) is 12.4. The molecule has 0 atom stereocenters. The van der Waals surface area contributed by atoms with E-state index in [0.717, 1.165) is 31.9 Å². The molecule has 1 saturated heterocycles. The zero-order valence-electron chi connectivity index (χ0n) is 19.7. The van der Waals surface area contributed by atoms with E-state index in [2.05, 4.69) is 4.98 Å². The minimum Gasteiger partial charge on any atom is -0.465 e. The van der Waals surface area contributed by atoms with Gasteiger partial charge in [0.2, 0.25) is 0 Å². The summed E-state index contributed by atoms with van der Waals surface area (Å²) >= 11 is 1.22. The predicted octanol–water partition coefficient (Wildman–Crippen LogP) is 6.75. The summed E-state index contributed by atoms with van der Waals surface area (Å²) in [7, 11) is 1.41. The van der Waals surface area contributed by atoms with Gasteiger partial charge in [0.25, 0.3) is 11.8 Å². The highest BCUT2D eigenvalue weighted by Crippen LogP contribution is 2.40. The summed E-state index contributed by atoms with van der Waals surface area (Å²) in [5.41, 5.74) is 4.07. The highest BCUT2D eigenvalue weighted by molar-refractivity contribution is 7.23. The summed E-state index contributed by atoms with van der Waals surface area (Å²) in [6.45, 7) is 0.0322. The number of halogens is 3. The molecule has 0 aliphatic carbocycles. The standard InChI is InChI=1S/C27H22F3N3O3S/c1-32(26(35)36)25-31-22-15-19(14-21(23(22)37-25)17-6-8-20(28)9-7-17)16-2-4-18(5-3-16)24(34)33-12-10-27(29,30)11-13-33/h2-9,14-15H,10-13H2,1H3,(H,35,36). The Balaban J connectivity index is 1.51. The van der Waals surface area contributed by atoms with Gasteiger partial charge in [-0.3, -0.25) is 9.69 Å². The highest BCUT2D eigenvalue weighted by atomic mass is 32.1. The van der Waals surface area contributed by atoms with Gasteiger partial charge in [0, 0.05) is 44.1 Å². The summed E-state index contributed by atoms with van der Waals surface area (Å²) in [5, 5.41) is 9.69. The summed E-state index contributed by atoms with van der Waals surface area (Å²) in [4.78, 5) is 31.3. The Kier molecular flexibility index (Phi) is 6.36. The SMILES string of the molecule is CN(C(=O)O)c1nc2cc(-c3ccc(C(=O)N4CCC(F)(F)CC4)cc3)cc(-c3ccc(F)cc3)c2s1. The van der Waals surface area contributed by atoms with Crippen molar-refractivity contribution in [3.05, 3.63) is 72.0 Å². The molecule has 1 aliphatic heterocycles. The minimum atomic E-state index is -2.73. The molecule has 0 saturated carbocycles. The fraction of sp³-hybridized carbons (Fsp3) is 0.222. The van der Waals surface area contributed by atoms with Gasteiger partial charge in [0.05, 0.1) is 10.2 Å². The summed E-state index contributed by atoms with van der Waals surface area (Å²) in [6.07, 6.45) is -1.81. The lowest BCUT2D eigenvalue weighted by atomic mass is 9.97. The van der Waals surface area contributed by atoms with Gasteiger partial charge in [-0.2, -0.15) is 0 Å². The van der Waals surface area contributed by atoms with Gasteiger partial charge >= 0.3 is 6.09 Å². The molecule has 0 bridgehead atoms. The number of nitrogens with zero attached hydrogens (tertiary/aromatic N) is 3. The molecule has 37 heavy (non-hydrogen) atoms. The number of fused-ring (bicyclic) bond motifs is 1. The first-order chi connectivity index (χ1) is 17.6. The molecule has 190 valence electrons. The fourth-order valence-corrected chi connectivity index (χ4v) is 5.32. The van der Waals surface area contributed by atoms with Crippen molar-refractivity contribution in [1.29, 1.82) is 0 Å². The van der Waals surface area contributed by atoms with Crippen LogP contribution in [0.1, 0.15) is 23.2 Å². The summed E-state index contributed by atoms with van der Waals surface area (Å²) in [5.74, 6) is -3.38. The number of hydrogen-bond acceptors (Lipinski definition) is 4. The van der Waals surface area contributed by atoms with Crippen molar-refractivity contribution in [2.45, 2.75) is 18.8 Å². The largest absolute Gasteiger partial charge is 0.465 e. The number of alkyl halides is 2. The van der Waals surface area contributed by atoms with Gasteiger partial charge in [-0.05, 0) is 53.1 Å². The van der Waals surface area contributed by atoms with Crippen LogP contribution in [0.3, 0.4) is 0 Å². The van der Waals surface area contributed by atoms with Gasteiger partial charge in [-0.1, -0.05) is 35.6 Å². The number of rotatable bonds is 4. The monoisotopic (exact) mass is 525 g/mol. The van der Waals surface area contributed by atoms with E-state index in [9.17, 15) is 27.9 Å². The van der Waals surface area contributed by atoms with Gasteiger partial charge in [0.1, 0.15) is 5.82 Å². The van der Waals surface area contributed by atoms with Crippen LogP contribution in [0.2, 0.25) is 0 Å². The fourth-order valence-electron chi connectivity index (χ4n) is 4.28. The van der Waals surface area contributed by atoms with Gasteiger partial charge in [-0.25, -0.2) is 22.9 Å². The minimum absolute atomic E-state index is 0.0161. The Labute approximate surface area is 214 Å². The lowest BCUT2D eigenvalue weighted by Gasteiger charge is -2.31. The van der Waals surface area contributed by atoms with E-state index in [-0.39, 0.29) is 37.7 Å². The number of hydrogen-bond donors (Lipinski definition) is 1. The maximum Gasteiger partial charge on any atom is 0.413 e. The molecule has 0 spiro atoms. The Hall–Kier alpha value is -3.92. The smallest absolute Gasteiger partial charge is 0.413 e. The van der Waals surface area contributed by atoms with E-state index in [1.165, 1.54) is 35.4 Å². The van der Waals surface area contributed by atoms with Gasteiger partial charge < -0.3 is 10.0 Å². The maximum atomic E-state index is 13.6. The van der Waals surface area contributed by atoms with E-state index < -0.39 is 12.0 Å². The van der Waals surface area contributed by atoms with E-state index in [1.54, 1.807) is 36.4 Å². The Morgan fingerprint density at radius 2 is 1.59 bits per heavy atom. The van der Waals surface area contributed by atoms with Crippen molar-refractivity contribution < 1.29 is 27.9 Å². The summed E-state index contributed by atoms with van der Waals surface area (Å²) in [6, 6.07) is 16.6. The van der Waals surface area contributed by atoms with Crippen molar-refractivity contribution in [1.82, 2.24) is 9.88 Å². The van der Waals surface area contributed by atoms with Crippen LogP contribution in [0.25, 0.3) is 32.5 Å². The number of anilines is 1. The molecule has 3 aromatic carbocycles. The molecule has 2 heterocycles. The molecule has 1 aromatic heterocycles. The van der Waals surface area contributed by atoms with Crippen LogP contribution in [0.15, 0.2) is 60.7 Å². The molecule has 1 aliphatic rings. The van der Waals surface area contributed by atoms with E-state index in [1.807, 2.05) is 12.1 Å². The number of carboxylic acid groups (broad SMARTS) is 1. The van der Waals surface area contributed by atoms with Gasteiger partial charge in [0.15, 0.2) is 5.13 Å². The van der Waals surface area contributed by atoms with E-state index >= 15 is 0 Å². The molecule has 6 nitrogen and oxygen atoms in total. The molecule has 4 aromatic rings. The van der Waals surface area contributed by atoms with Crippen molar-refractivity contribution in [2.75, 3.05) is 25.0 Å². The number of amides is 2. The van der Waals surface area contributed by atoms with Crippen molar-refractivity contribution in [3.8, 4) is 22.3 Å². The third kappa shape index (κ3) is 5.01. The summed E-state index contributed by atoms with van der Waals surface area (Å²) < 4.78 is 41.3. The lowest BCUT2D eigenvalue weighted by molar-refractivity contribution is -0.0494. The van der Waals surface area contributed by atoms with E-state index in [4.69, 9.17) is 0 Å². The molecule has 0 radical (unpaired) electrons. The number of piperidine rings is 1. The average Bonchev–Trinajstić information content (AvgIpc) is 3.32. The quantitative estimate of drug-likeness (QED) is 0.320. The number of thiazole rings is 1. The predicted molar refractivity (Wildman–Crippen MR) is 137 cm³/mol. The first kappa shape index (κ1) is 24.8. The Morgan fingerprint density at radius 3 is 2.22 bits per heavy atom. The zero-order valence-corrected chi connectivity index (χ0v) is 20.6. The normalized spacial score (nSPS) is 15.1. The highest BCUT2D eigenvalue weighted by Gasteiger charge is 2.35. The van der Waals surface area contributed by atoms with Crippen LogP contribution in [-0.4, -0.2) is 53.1 Å². The second-order valence-corrected chi connectivity index (χ2v) is 9.92. The molecule has 10 heteroatoms. The van der Waals surface area contributed by atoms with E-state index in [0.29, 0.717) is 16.2 Å². The van der Waals surface area contributed by atoms with Gasteiger partial charge in [-0.15, -0.1) is 0 Å². The zero-order chi connectivity index (χ0) is 26.3. The molecular formula is C27H22F3N3O3S. The number of carbonyl (C=O) groups excluding carboxylic acids is 1. The number of aromatic nitrogens is 1. The van der Waals surface area contributed by atoms with Crippen LogP contribution in [0.5, 0.6) is 0 Å². The van der Waals surface area contributed by atoms with Crippen molar-refractivity contribution >= 4 is 38.7 Å². The number of likely N-dealkylation sites (tertiary alicyclic amines) is 1. The topological polar surface area (TPSA) is 73.7 Å². The molecule has 1 fully saturated rings. The number of benzene rings is 3. The van der Waals surface area contributed by atoms with Crippen molar-refractivity contribution in [3.63, 3.8) is 0 Å². The lowest BCUT2D eigenvalue weighted by Crippen LogP contribution is -2.42. The third-order valence-corrected chi connectivity index (χ3v) is 7.64. The number of carbonyl (C=O) groups is 2. The second-order valence-electron chi connectivity index (χ2n) is 8.94. The van der Waals surface area contributed by atoms with Crippen LogP contribution >= 0.6 is 11.3 Å². The third-order valence-electron chi connectivity index (χ3n) is 6.46. The molecule has 5 rings (SSSR count). The first-order valence-electron chi connectivity index (χ1n) is 11.6. The Morgan fingerprint density at radius 1 is 0.973 bits per heavy atom. The van der Waals surface area contributed by atoms with Crippen LogP contribution in [0, 0.1) is 5.82 Å². The average molecular weight is 526 g/mol. The molecule has 2 amide bonds.